The van der Waals surface area contributed by atoms with Crippen molar-refractivity contribution in [1.82, 2.24) is 4.90 Å². The molecule has 2 rings (SSSR count). The number of nitrogens with two attached hydrogens (primary N) is 1. The zero-order valence-corrected chi connectivity index (χ0v) is 11.9. The van der Waals surface area contributed by atoms with Gasteiger partial charge in [0.1, 0.15) is 5.75 Å². The van der Waals surface area contributed by atoms with E-state index in [0.29, 0.717) is 12.2 Å². The second-order valence-corrected chi connectivity index (χ2v) is 5.72. The quantitative estimate of drug-likeness (QED) is 0.799. The monoisotopic (exact) mass is 264 g/mol. The fraction of sp³-hybridized carbons (Fsp3) is 0.600. The van der Waals surface area contributed by atoms with Crippen molar-refractivity contribution < 1.29 is 9.84 Å². The second-order valence-electron chi connectivity index (χ2n) is 5.72. The molecular formula is C15H24N2O2. The number of nitrogen functional groups attached to an aromatic ring is 1. The van der Waals surface area contributed by atoms with Gasteiger partial charge < -0.3 is 15.6 Å². The Bertz CT molecular complexity index is 428. The second kappa shape index (κ2) is 5.80. The molecule has 0 aromatic heterocycles. The number of hydrogen-bond donors (Lipinski definition) is 2. The Hall–Kier alpha value is -1.26. The van der Waals surface area contributed by atoms with Crippen molar-refractivity contribution in [3.8, 4) is 5.75 Å². The normalized spacial score (nSPS) is 17.9. The van der Waals surface area contributed by atoms with Gasteiger partial charge in [0.05, 0.1) is 12.7 Å². The molecule has 0 atom stereocenters. The van der Waals surface area contributed by atoms with Crippen LogP contribution in [0.1, 0.15) is 31.2 Å². The summed E-state index contributed by atoms with van der Waals surface area (Å²) >= 11 is 0. The highest BCUT2D eigenvalue weighted by molar-refractivity contribution is 5.47. The predicted octanol–water partition coefficient (Wildman–Crippen LogP) is 2.01. The van der Waals surface area contributed by atoms with Gasteiger partial charge in [0, 0.05) is 24.8 Å². The molecule has 4 heteroatoms. The minimum Gasteiger partial charge on any atom is -0.497 e. The van der Waals surface area contributed by atoms with Gasteiger partial charge >= 0.3 is 0 Å². The van der Waals surface area contributed by atoms with E-state index < -0.39 is 5.60 Å². The first kappa shape index (κ1) is 14.2. The molecule has 4 nitrogen and oxygen atoms in total. The van der Waals surface area contributed by atoms with Crippen molar-refractivity contribution in [3.05, 3.63) is 23.8 Å². The van der Waals surface area contributed by atoms with Crippen molar-refractivity contribution in [1.29, 1.82) is 0 Å². The minimum absolute atomic E-state index is 0.501. The highest BCUT2D eigenvalue weighted by Gasteiger charge is 2.32. The van der Waals surface area contributed by atoms with E-state index in [0.717, 1.165) is 43.5 Å². The van der Waals surface area contributed by atoms with Crippen LogP contribution in [0.4, 0.5) is 5.69 Å². The number of rotatable bonds is 5. The van der Waals surface area contributed by atoms with Crippen molar-refractivity contribution >= 4 is 5.69 Å². The molecular weight excluding hydrogens is 240 g/mol. The first-order chi connectivity index (χ1) is 9.00. The van der Waals surface area contributed by atoms with Crippen LogP contribution in [0.3, 0.4) is 0 Å². The third-order valence-corrected chi connectivity index (χ3v) is 3.78. The standard InChI is InChI=1S/C15H24N2O2/c1-17(11-15(18)5-3-4-6-15)10-12-7-13(16)9-14(8-12)19-2/h7-9,18H,3-6,10-11,16H2,1-2H3. The SMILES string of the molecule is COc1cc(N)cc(CN(C)CC2(O)CCCC2)c1. The number of ether oxygens (including phenoxy) is 1. The number of likely N-dealkylation sites (N-methyl/N-ethyl adjacent to an activating group) is 1. The number of hydrogen-bond acceptors (Lipinski definition) is 4. The van der Waals surface area contributed by atoms with Crippen LogP contribution in [-0.4, -0.2) is 36.3 Å². The fourth-order valence-corrected chi connectivity index (χ4v) is 2.96. The van der Waals surface area contributed by atoms with Crippen LogP contribution in [0.15, 0.2) is 18.2 Å². The van der Waals surface area contributed by atoms with Crippen LogP contribution >= 0.6 is 0 Å². The lowest BCUT2D eigenvalue weighted by atomic mass is 10.0. The van der Waals surface area contributed by atoms with Crippen molar-refractivity contribution in [2.75, 3.05) is 26.4 Å². The Morgan fingerprint density at radius 3 is 2.63 bits per heavy atom. The fourth-order valence-electron chi connectivity index (χ4n) is 2.96. The molecule has 0 saturated heterocycles. The largest absolute Gasteiger partial charge is 0.497 e. The van der Waals surface area contributed by atoms with Gasteiger partial charge in [-0.15, -0.1) is 0 Å². The van der Waals surface area contributed by atoms with E-state index in [1.165, 1.54) is 0 Å². The third-order valence-electron chi connectivity index (χ3n) is 3.78. The molecule has 1 fully saturated rings. The maximum absolute atomic E-state index is 10.4. The van der Waals surface area contributed by atoms with Crippen molar-refractivity contribution in [2.24, 2.45) is 0 Å². The Labute approximate surface area is 115 Å². The molecule has 0 heterocycles. The molecule has 0 bridgehead atoms. The smallest absolute Gasteiger partial charge is 0.121 e. The van der Waals surface area contributed by atoms with Crippen molar-refractivity contribution in [2.45, 2.75) is 37.8 Å². The lowest BCUT2D eigenvalue weighted by Crippen LogP contribution is -2.38. The Balaban J connectivity index is 1.98. The first-order valence-corrected chi connectivity index (χ1v) is 6.85. The summed E-state index contributed by atoms with van der Waals surface area (Å²) in [6, 6.07) is 5.76. The summed E-state index contributed by atoms with van der Waals surface area (Å²) in [5.41, 5.74) is 7.17. The molecule has 0 amide bonds. The first-order valence-electron chi connectivity index (χ1n) is 6.85. The summed E-state index contributed by atoms with van der Waals surface area (Å²) in [7, 11) is 3.68. The van der Waals surface area contributed by atoms with E-state index >= 15 is 0 Å². The van der Waals surface area contributed by atoms with E-state index in [1.807, 2.05) is 25.2 Å². The highest BCUT2D eigenvalue weighted by atomic mass is 16.5. The van der Waals surface area contributed by atoms with Crippen LogP contribution in [0.2, 0.25) is 0 Å². The number of benzene rings is 1. The minimum atomic E-state index is -0.501. The number of nitrogens with zero attached hydrogens (tertiary/aromatic N) is 1. The zero-order valence-electron chi connectivity index (χ0n) is 11.9. The van der Waals surface area contributed by atoms with E-state index in [9.17, 15) is 5.11 Å². The molecule has 1 aromatic carbocycles. The maximum atomic E-state index is 10.4. The van der Waals surface area contributed by atoms with Crippen molar-refractivity contribution in [3.63, 3.8) is 0 Å². The average molecular weight is 264 g/mol. The molecule has 0 unspecified atom stereocenters. The third kappa shape index (κ3) is 3.85. The van der Waals surface area contributed by atoms with Crippen LogP contribution in [-0.2, 0) is 6.54 Å². The van der Waals surface area contributed by atoms with E-state index in [-0.39, 0.29) is 0 Å². The van der Waals surface area contributed by atoms with Gasteiger partial charge in [-0.25, -0.2) is 0 Å². The van der Waals surface area contributed by atoms with Gasteiger partial charge in [0.2, 0.25) is 0 Å². The Morgan fingerprint density at radius 2 is 2.00 bits per heavy atom. The number of methoxy groups -OCH3 is 1. The van der Waals surface area contributed by atoms with Gasteiger partial charge in [-0.05, 0) is 37.6 Å². The molecule has 19 heavy (non-hydrogen) atoms. The van der Waals surface area contributed by atoms with E-state index in [4.69, 9.17) is 10.5 Å². The molecule has 1 aromatic rings. The van der Waals surface area contributed by atoms with Gasteiger partial charge in [-0.2, -0.15) is 0 Å². The lowest BCUT2D eigenvalue weighted by molar-refractivity contribution is 0.0145. The maximum Gasteiger partial charge on any atom is 0.121 e. The van der Waals surface area contributed by atoms with Gasteiger partial charge in [-0.1, -0.05) is 12.8 Å². The summed E-state index contributed by atoms with van der Waals surface area (Å²) in [6.45, 7) is 1.48. The summed E-state index contributed by atoms with van der Waals surface area (Å²) in [4.78, 5) is 2.15. The van der Waals surface area contributed by atoms with Gasteiger partial charge in [0.15, 0.2) is 0 Å². The Kier molecular flexibility index (Phi) is 4.32. The zero-order chi connectivity index (χ0) is 13.9. The average Bonchev–Trinajstić information content (AvgIpc) is 2.74. The molecule has 106 valence electrons. The van der Waals surface area contributed by atoms with Crippen LogP contribution in [0, 0.1) is 0 Å². The molecule has 1 aliphatic carbocycles. The molecule has 0 aliphatic heterocycles. The van der Waals surface area contributed by atoms with E-state index in [2.05, 4.69) is 4.90 Å². The van der Waals surface area contributed by atoms with Crippen LogP contribution in [0.5, 0.6) is 5.75 Å². The molecule has 1 saturated carbocycles. The molecule has 3 N–H and O–H groups in total. The molecule has 0 radical (unpaired) electrons. The predicted molar refractivity (Wildman–Crippen MR) is 77.2 cm³/mol. The molecule has 1 aliphatic rings. The van der Waals surface area contributed by atoms with Crippen LogP contribution < -0.4 is 10.5 Å². The number of anilines is 1. The summed E-state index contributed by atoms with van der Waals surface area (Å²) in [6.07, 6.45) is 4.10. The topological polar surface area (TPSA) is 58.7 Å². The van der Waals surface area contributed by atoms with Crippen LogP contribution in [0.25, 0.3) is 0 Å². The number of aliphatic hydroxyl groups is 1. The van der Waals surface area contributed by atoms with E-state index in [1.54, 1.807) is 7.11 Å². The van der Waals surface area contributed by atoms with Gasteiger partial charge in [0.25, 0.3) is 0 Å². The highest BCUT2D eigenvalue weighted by Crippen LogP contribution is 2.30. The summed E-state index contributed by atoms with van der Waals surface area (Å²) < 4.78 is 5.22. The summed E-state index contributed by atoms with van der Waals surface area (Å²) in [5.74, 6) is 0.781. The Morgan fingerprint density at radius 1 is 1.32 bits per heavy atom. The van der Waals surface area contributed by atoms with Gasteiger partial charge in [-0.3, -0.25) is 4.90 Å². The lowest BCUT2D eigenvalue weighted by Gasteiger charge is -2.28. The summed E-state index contributed by atoms with van der Waals surface area (Å²) in [5, 5.41) is 10.4. The molecule has 0 spiro atoms.